The largest absolute Gasteiger partial charge is 0.465 e. The van der Waals surface area contributed by atoms with Crippen LogP contribution in [0.4, 0.5) is 0 Å². The van der Waals surface area contributed by atoms with Crippen LogP contribution in [0.2, 0.25) is 0 Å². The highest BCUT2D eigenvalue weighted by Crippen LogP contribution is 2.33. The van der Waals surface area contributed by atoms with Gasteiger partial charge in [0.15, 0.2) is 0 Å². The number of hydrogen-bond acceptors (Lipinski definition) is 4. The fraction of sp³-hybridized carbons (Fsp3) is 0.529. The lowest BCUT2D eigenvalue weighted by molar-refractivity contribution is -0.142. The fourth-order valence-corrected chi connectivity index (χ4v) is 3.93. The number of thiocarbonyl (C=S) groups is 1. The van der Waals surface area contributed by atoms with Gasteiger partial charge in [0.1, 0.15) is 9.57 Å². The first-order valence-electron chi connectivity index (χ1n) is 7.79. The average Bonchev–Trinajstić information content (AvgIpc) is 2.54. The maximum Gasteiger partial charge on any atom is 0.324 e. The van der Waals surface area contributed by atoms with Crippen molar-refractivity contribution in [2.75, 3.05) is 19.7 Å². The molecule has 1 aromatic carbocycles. The van der Waals surface area contributed by atoms with E-state index in [-0.39, 0.29) is 11.2 Å². The zero-order valence-corrected chi connectivity index (χ0v) is 14.8. The minimum atomic E-state index is -0.381. The van der Waals surface area contributed by atoms with E-state index in [1.807, 2.05) is 37.3 Å². The number of carbonyl (C=O) groups excluding carboxylic acids is 1. The summed E-state index contributed by atoms with van der Waals surface area (Å²) in [5.74, 6) is 0.547. The Labute approximate surface area is 142 Å². The molecule has 0 bridgehead atoms. The second-order valence-corrected chi connectivity index (χ2v) is 7.34. The highest BCUT2D eigenvalue weighted by molar-refractivity contribution is 8.23. The second-order valence-electron chi connectivity index (χ2n) is 5.60. The van der Waals surface area contributed by atoms with E-state index in [9.17, 15) is 4.79 Å². The molecule has 0 aromatic heterocycles. The van der Waals surface area contributed by atoms with Crippen molar-refractivity contribution in [1.29, 1.82) is 0 Å². The lowest BCUT2D eigenvalue weighted by Gasteiger charge is -2.32. The SMILES string of the molecule is CCOC(=O)C(SC(=S)N1CCC(C)CC1)c1ccccc1. The van der Waals surface area contributed by atoms with Gasteiger partial charge in [-0.1, -0.05) is 61.2 Å². The van der Waals surface area contributed by atoms with Crippen LogP contribution < -0.4 is 0 Å². The summed E-state index contributed by atoms with van der Waals surface area (Å²) in [6.45, 7) is 6.46. The molecular weight excluding hydrogens is 314 g/mol. The summed E-state index contributed by atoms with van der Waals surface area (Å²) in [5.41, 5.74) is 0.943. The number of thioether (sulfide) groups is 1. The van der Waals surface area contributed by atoms with Crippen molar-refractivity contribution in [2.45, 2.75) is 31.9 Å². The second kappa shape index (κ2) is 8.53. The molecule has 3 nitrogen and oxygen atoms in total. The van der Waals surface area contributed by atoms with Crippen molar-refractivity contribution >= 4 is 34.3 Å². The van der Waals surface area contributed by atoms with Crippen molar-refractivity contribution in [3.05, 3.63) is 35.9 Å². The molecule has 1 aliphatic heterocycles. The normalized spacial score (nSPS) is 17.1. The summed E-state index contributed by atoms with van der Waals surface area (Å²) in [7, 11) is 0. The van der Waals surface area contributed by atoms with Crippen LogP contribution in [0.25, 0.3) is 0 Å². The van der Waals surface area contributed by atoms with Crippen molar-refractivity contribution in [3.8, 4) is 0 Å². The van der Waals surface area contributed by atoms with Gasteiger partial charge in [-0.3, -0.25) is 4.79 Å². The molecule has 1 fully saturated rings. The molecule has 0 radical (unpaired) electrons. The van der Waals surface area contributed by atoms with E-state index in [2.05, 4.69) is 11.8 Å². The molecule has 0 N–H and O–H groups in total. The number of carbonyl (C=O) groups is 1. The minimum absolute atomic E-state index is 0.216. The van der Waals surface area contributed by atoms with Gasteiger partial charge >= 0.3 is 5.97 Å². The molecule has 1 heterocycles. The van der Waals surface area contributed by atoms with Crippen LogP contribution in [0.3, 0.4) is 0 Å². The molecule has 1 atom stereocenters. The summed E-state index contributed by atoms with van der Waals surface area (Å²) >= 11 is 7.01. The van der Waals surface area contributed by atoms with Crippen LogP contribution in [-0.2, 0) is 9.53 Å². The monoisotopic (exact) mass is 337 g/mol. The standard InChI is InChI=1S/C17H23NO2S2/c1-3-20-16(19)15(14-7-5-4-6-8-14)22-17(21)18-11-9-13(2)10-12-18/h4-8,13,15H,3,9-12H2,1-2H3. The molecule has 120 valence electrons. The van der Waals surface area contributed by atoms with E-state index < -0.39 is 0 Å². The molecule has 0 aliphatic carbocycles. The summed E-state index contributed by atoms with van der Waals surface area (Å²) in [6.07, 6.45) is 2.33. The molecule has 1 saturated heterocycles. The zero-order chi connectivity index (χ0) is 15.9. The Balaban J connectivity index is 2.06. The molecule has 1 aliphatic rings. The molecule has 2 rings (SSSR count). The number of benzene rings is 1. The zero-order valence-electron chi connectivity index (χ0n) is 13.2. The topological polar surface area (TPSA) is 29.5 Å². The Hall–Kier alpha value is -1.07. The summed E-state index contributed by atoms with van der Waals surface area (Å²) in [6, 6.07) is 9.73. The molecule has 0 saturated carbocycles. The first-order valence-corrected chi connectivity index (χ1v) is 9.07. The molecule has 5 heteroatoms. The maximum absolute atomic E-state index is 12.3. The van der Waals surface area contributed by atoms with Gasteiger partial charge in [-0.15, -0.1) is 0 Å². The van der Waals surface area contributed by atoms with Crippen molar-refractivity contribution in [3.63, 3.8) is 0 Å². The Bertz CT molecular complexity index is 499. The molecule has 0 spiro atoms. The fourth-order valence-electron chi connectivity index (χ4n) is 2.46. The minimum Gasteiger partial charge on any atom is -0.465 e. The number of ether oxygens (including phenoxy) is 1. The lowest BCUT2D eigenvalue weighted by Crippen LogP contribution is -2.36. The maximum atomic E-state index is 12.3. The number of hydrogen-bond donors (Lipinski definition) is 0. The van der Waals surface area contributed by atoms with E-state index in [4.69, 9.17) is 17.0 Å². The highest BCUT2D eigenvalue weighted by atomic mass is 32.2. The van der Waals surface area contributed by atoms with Crippen LogP contribution in [-0.4, -0.2) is 34.9 Å². The third-order valence-electron chi connectivity index (χ3n) is 3.86. The first kappa shape index (κ1) is 17.3. The van der Waals surface area contributed by atoms with Crippen LogP contribution in [0.1, 0.15) is 37.5 Å². The Morgan fingerprint density at radius 2 is 2.00 bits per heavy atom. The van der Waals surface area contributed by atoms with E-state index in [0.717, 1.165) is 41.7 Å². The van der Waals surface area contributed by atoms with Crippen LogP contribution in [0.15, 0.2) is 30.3 Å². The molecule has 1 aromatic rings. The van der Waals surface area contributed by atoms with Crippen LogP contribution in [0.5, 0.6) is 0 Å². The van der Waals surface area contributed by atoms with Crippen LogP contribution >= 0.6 is 24.0 Å². The van der Waals surface area contributed by atoms with E-state index in [0.29, 0.717) is 6.61 Å². The smallest absolute Gasteiger partial charge is 0.324 e. The van der Waals surface area contributed by atoms with E-state index in [1.165, 1.54) is 11.8 Å². The van der Waals surface area contributed by atoms with Gasteiger partial charge in [-0.2, -0.15) is 0 Å². The van der Waals surface area contributed by atoms with Crippen LogP contribution in [0, 0.1) is 5.92 Å². The van der Waals surface area contributed by atoms with Crippen molar-refractivity contribution < 1.29 is 9.53 Å². The molecule has 22 heavy (non-hydrogen) atoms. The summed E-state index contributed by atoms with van der Waals surface area (Å²) in [4.78, 5) is 14.5. The predicted octanol–water partition coefficient (Wildman–Crippen LogP) is 4.04. The summed E-state index contributed by atoms with van der Waals surface area (Å²) < 4.78 is 6.03. The van der Waals surface area contributed by atoms with E-state index >= 15 is 0 Å². The van der Waals surface area contributed by atoms with Crippen molar-refractivity contribution in [1.82, 2.24) is 4.90 Å². The predicted molar refractivity (Wildman–Crippen MR) is 96.0 cm³/mol. The van der Waals surface area contributed by atoms with Gasteiger partial charge < -0.3 is 9.64 Å². The summed E-state index contributed by atoms with van der Waals surface area (Å²) in [5, 5.41) is -0.381. The number of piperidine rings is 1. The number of likely N-dealkylation sites (tertiary alicyclic amines) is 1. The first-order chi connectivity index (χ1) is 10.6. The number of nitrogens with zero attached hydrogens (tertiary/aromatic N) is 1. The molecule has 1 unspecified atom stereocenters. The van der Waals surface area contributed by atoms with Gasteiger partial charge in [0.2, 0.25) is 0 Å². The Kier molecular flexibility index (Phi) is 6.70. The highest BCUT2D eigenvalue weighted by Gasteiger charge is 2.27. The van der Waals surface area contributed by atoms with E-state index in [1.54, 1.807) is 0 Å². The van der Waals surface area contributed by atoms with Gasteiger partial charge in [0.25, 0.3) is 0 Å². The Morgan fingerprint density at radius 1 is 1.36 bits per heavy atom. The number of esters is 1. The van der Waals surface area contributed by atoms with Gasteiger partial charge in [-0.25, -0.2) is 0 Å². The van der Waals surface area contributed by atoms with Gasteiger partial charge in [0, 0.05) is 13.1 Å². The van der Waals surface area contributed by atoms with Gasteiger partial charge in [0.05, 0.1) is 6.61 Å². The van der Waals surface area contributed by atoms with Gasteiger partial charge in [-0.05, 0) is 31.2 Å². The average molecular weight is 338 g/mol. The van der Waals surface area contributed by atoms with Crippen molar-refractivity contribution in [2.24, 2.45) is 5.92 Å². The Morgan fingerprint density at radius 3 is 2.59 bits per heavy atom. The number of rotatable bonds is 4. The third kappa shape index (κ3) is 4.71. The quantitative estimate of drug-likeness (QED) is 0.611. The lowest BCUT2D eigenvalue weighted by atomic mass is 10.00. The molecule has 0 amide bonds. The third-order valence-corrected chi connectivity index (χ3v) is 5.57. The molecular formula is C17H23NO2S2.